The van der Waals surface area contributed by atoms with E-state index in [9.17, 15) is 9.59 Å². The topological polar surface area (TPSA) is 86.4 Å². The quantitative estimate of drug-likeness (QED) is 0.460. The molecule has 1 saturated heterocycles. The van der Waals surface area contributed by atoms with Crippen molar-refractivity contribution in [2.75, 3.05) is 45.0 Å². The van der Waals surface area contributed by atoms with Crippen molar-refractivity contribution in [1.82, 2.24) is 25.8 Å². The number of carbonyl (C=O) groups is 2. The fourth-order valence-electron chi connectivity index (χ4n) is 3.07. The normalized spacial score (nSPS) is 15.5. The molecule has 0 radical (unpaired) electrons. The molecule has 2 aromatic rings. The first kappa shape index (κ1) is 23.0. The molecular formula is C20H26ClN5O2S2. The Kier molecular flexibility index (Phi) is 9.41. The van der Waals surface area contributed by atoms with Gasteiger partial charge >= 0.3 is 0 Å². The largest absolute Gasteiger partial charge is 0.353 e. The fraction of sp³-hybridized carbons (Fsp3) is 0.450. The molecule has 30 heavy (non-hydrogen) atoms. The Morgan fingerprint density at radius 3 is 2.73 bits per heavy atom. The molecule has 3 N–H and O–H groups in total. The average Bonchev–Trinajstić information content (AvgIpc) is 3.27. The van der Waals surface area contributed by atoms with Crippen LogP contribution in [0.3, 0.4) is 0 Å². The van der Waals surface area contributed by atoms with Crippen molar-refractivity contribution in [3.8, 4) is 0 Å². The molecule has 2 amide bonds. The van der Waals surface area contributed by atoms with E-state index in [2.05, 4.69) is 25.8 Å². The van der Waals surface area contributed by atoms with Gasteiger partial charge in [-0.15, -0.1) is 23.1 Å². The lowest BCUT2D eigenvalue weighted by atomic mass is 10.1. The van der Waals surface area contributed by atoms with Crippen LogP contribution >= 0.6 is 34.7 Å². The summed E-state index contributed by atoms with van der Waals surface area (Å²) >= 11 is 8.77. The van der Waals surface area contributed by atoms with Gasteiger partial charge in [-0.3, -0.25) is 14.5 Å². The predicted molar refractivity (Wildman–Crippen MR) is 122 cm³/mol. The molecule has 1 aliphatic rings. The molecule has 1 aromatic heterocycles. The van der Waals surface area contributed by atoms with Gasteiger partial charge in [0, 0.05) is 61.0 Å². The number of thiazole rings is 1. The zero-order valence-corrected chi connectivity index (χ0v) is 19.0. The Morgan fingerprint density at radius 1 is 1.27 bits per heavy atom. The van der Waals surface area contributed by atoms with Gasteiger partial charge in [-0.25, -0.2) is 4.98 Å². The van der Waals surface area contributed by atoms with Crippen LogP contribution < -0.4 is 16.0 Å². The van der Waals surface area contributed by atoms with Crippen LogP contribution in [0.15, 0.2) is 40.1 Å². The number of amides is 2. The minimum Gasteiger partial charge on any atom is -0.353 e. The third-order valence-corrected chi connectivity index (χ3v) is 6.57. The molecule has 1 unspecified atom stereocenters. The lowest BCUT2D eigenvalue weighted by molar-refractivity contribution is -0.127. The van der Waals surface area contributed by atoms with E-state index in [-0.39, 0.29) is 17.6 Å². The van der Waals surface area contributed by atoms with E-state index in [1.54, 1.807) is 17.6 Å². The summed E-state index contributed by atoms with van der Waals surface area (Å²) in [5.74, 6) is -0.140. The molecule has 0 spiro atoms. The highest BCUT2D eigenvalue weighted by molar-refractivity contribution is 8.00. The average molecular weight is 468 g/mol. The van der Waals surface area contributed by atoms with E-state index in [4.69, 9.17) is 11.6 Å². The van der Waals surface area contributed by atoms with Crippen LogP contribution in [0.4, 0.5) is 0 Å². The van der Waals surface area contributed by atoms with E-state index >= 15 is 0 Å². The van der Waals surface area contributed by atoms with Gasteiger partial charge in [-0.1, -0.05) is 11.6 Å². The second-order valence-corrected chi connectivity index (χ2v) is 9.13. The highest BCUT2D eigenvalue weighted by atomic mass is 35.5. The van der Waals surface area contributed by atoms with Gasteiger partial charge in [0.2, 0.25) is 11.8 Å². The summed E-state index contributed by atoms with van der Waals surface area (Å²) in [6.45, 7) is 5.27. The molecule has 1 aromatic carbocycles. The number of thioether (sulfide) groups is 1. The lowest BCUT2D eigenvalue weighted by Gasteiger charge is -2.27. The van der Waals surface area contributed by atoms with Gasteiger partial charge in [-0.2, -0.15) is 0 Å². The maximum absolute atomic E-state index is 12.8. The Bertz CT molecular complexity index is 798. The maximum atomic E-state index is 12.8. The fourth-order valence-corrected chi connectivity index (χ4v) is 4.47. The smallest absolute Gasteiger partial charge is 0.243 e. The van der Waals surface area contributed by atoms with E-state index in [0.29, 0.717) is 18.0 Å². The molecule has 1 fully saturated rings. The second kappa shape index (κ2) is 12.3. The van der Waals surface area contributed by atoms with Crippen molar-refractivity contribution in [3.63, 3.8) is 0 Å². The number of benzene rings is 1. The standard InChI is InChI=1S/C20H26ClN5O2S2/c21-15-1-3-17(4-2-15)30-13-19(27)25-18(11-16-12-29-14-24-16)20(28)23-7-10-26-8-5-22-6-9-26/h1-4,12,14,18,22H,5-11,13H2,(H,23,28)(H,25,27). The molecule has 0 saturated carbocycles. The third-order valence-electron chi connectivity index (χ3n) is 4.67. The van der Waals surface area contributed by atoms with E-state index in [1.165, 1.54) is 23.1 Å². The highest BCUT2D eigenvalue weighted by Gasteiger charge is 2.22. The molecule has 0 bridgehead atoms. The minimum atomic E-state index is -0.645. The van der Waals surface area contributed by atoms with E-state index < -0.39 is 6.04 Å². The highest BCUT2D eigenvalue weighted by Crippen LogP contribution is 2.20. The van der Waals surface area contributed by atoms with Gasteiger partial charge in [-0.05, 0) is 24.3 Å². The number of carbonyl (C=O) groups excluding carboxylic acids is 2. The van der Waals surface area contributed by atoms with Crippen molar-refractivity contribution in [3.05, 3.63) is 45.9 Å². The van der Waals surface area contributed by atoms with Crippen LogP contribution in [0.25, 0.3) is 0 Å². The summed E-state index contributed by atoms with van der Waals surface area (Å²) in [6, 6.07) is 6.68. The van der Waals surface area contributed by atoms with Gasteiger partial charge < -0.3 is 16.0 Å². The monoisotopic (exact) mass is 467 g/mol. The molecular weight excluding hydrogens is 442 g/mol. The molecule has 0 aliphatic carbocycles. The predicted octanol–water partition coefficient (Wildman–Crippen LogP) is 1.64. The van der Waals surface area contributed by atoms with Gasteiger partial charge in [0.1, 0.15) is 6.04 Å². The lowest BCUT2D eigenvalue weighted by Crippen LogP contribution is -2.51. The van der Waals surface area contributed by atoms with E-state index in [1.807, 2.05) is 17.5 Å². The zero-order valence-electron chi connectivity index (χ0n) is 16.6. The Hall–Kier alpha value is -1.65. The van der Waals surface area contributed by atoms with Crippen LogP contribution in [0.2, 0.25) is 5.02 Å². The zero-order chi connectivity index (χ0) is 21.2. The number of hydrogen-bond acceptors (Lipinski definition) is 7. The number of nitrogens with zero attached hydrogens (tertiary/aromatic N) is 2. The summed E-state index contributed by atoms with van der Waals surface area (Å²) < 4.78 is 0. The number of rotatable bonds is 10. The SMILES string of the molecule is O=C(CSc1ccc(Cl)cc1)NC(Cc1cscn1)C(=O)NCCN1CCNCC1. The summed E-state index contributed by atoms with van der Waals surface area (Å²) in [7, 11) is 0. The van der Waals surface area contributed by atoms with Crippen molar-refractivity contribution in [2.24, 2.45) is 0 Å². The number of piperazine rings is 1. The number of hydrogen-bond donors (Lipinski definition) is 3. The maximum Gasteiger partial charge on any atom is 0.243 e. The molecule has 3 rings (SSSR count). The Morgan fingerprint density at radius 2 is 2.03 bits per heavy atom. The molecule has 1 aliphatic heterocycles. The number of nitrogens with one attached hydrogen (secondary N) is 3. The van der Waals surface area contributed by atoms with Crippen molar-refractivity contribution >= 4 is 46.5 Å². The van der Waals surface area contributed by atoms with Gasteiger partial charge in [0.15, 0.2) is 0 Å². The summed E-state index contributed by atoms with van der Waals surface area (Å²) in [6.07, 6.45) is 0.375. The second-order valence-electron chi connectivity index (χ2n) is 6.93. The molecule has 10 heteroatoms. The van der Waals surface area contributed by atoms with Gasteiger partial charge in [0.05, 0.1) is 17.0 Å². The molecule has 162 valence electrons. The molecule has 7 nitrogen and oxygen atoms in total. The first-order valence-corrected chi connectivity index (χ1v) is 12.2. The van der Waals surface area contributed by atoms with Crippen LogP contribution in [0.5, 0.6) is 0 Å². The Balaban J connectivity index is 1.49. The summed E-state index contributed by atoms with van der Waals surface area (Å²) in [4.78, 5) is 32.8. The summed E-state index contributed by atoms with van der Waals surface area (Å²) in [5, 5.41) is 11.7. The number of aromatic nitrogens is 1. The first-order valence-electron chi connectivity index (χ1n) is 9.86. The summed E-state index contributed by atoms with van der Waals surface area (Å²) in [5.41, 5.74) is 2.53. The van der Waals surface area contributed by atoms with Crippen molar-refractivity contribution in [1.29, 1.82) is 0 Å². The van der Waals surface area contributed by atoms with Crippen LogP contribution in [0.1, 0.15) is 5.69 Å². The molecule has 1 atom stereocenters. The Labute approximate surface area is 190 Å². The van der Waals surface area contributed by atoms with Crippen molar-refractivity contribution in [2.45, 2.75) is 17.4 Å². The van der Waals surface area contributed by atoms with Crippen LogP contribution in [-0.2, 0) is 16.0 Å². The third kappa shape index (κ3) is 7.88. The molecule has 2 heterocycles. The minimum absolute atomic E-state index is 0.178. The van der Waals surface area contributed by atoms with Crippen LogP contribution in [0, 0.1) is 0 Å². The first-order chi connectivity index (χ1) is 14.6. The van der Waals surface area contributed by atoms with Crippen LogP contribution in [-0.4, -0.2) is 72.8 Å². The van der Waals surface area contributed by atoms with Gasteiger partial charge in [0.25, 0.3) is 0 Å². The van der Waals surface area contributed by atoms with E-state index in [0.717, 1.165) is 43.3 Å². The van der Waals surface area contributed by atoms with Crippen molar-refractivity contribution < 1.29 is 9.59 Å². The number of halogens is 1.